The Morgan fingerprint density at radius 2 is 2.28 bits per heavy atom. The molecule has 1 aromatic heterocycles. The summed E-state index contributed by atoms with van der Waals surface area (Å²) < 4.78 is 8.87. The van der Waals surface area contributed by atoms with E-state index in [1.165, 1.54) is 7.11 Å². The summed E-state index contributed by atoms with van der Waals surface area (Å²) in [7, 11) is 1.53. The summed E-state index contributed by atoms with van der Waals surface area (Å²) in [6.45, 7) is 1.73. The van der Waals surface area contributed by atoms with Gasteiger partial charge in [0.1, 0.15) is 10.6 Å². The summed E-state index contributed by atoms with van der Waals surface area (Å²) in [6, 6.07) is 5.01. The molecule has 0 spiro atoms. The van der Waals surface area contributed by atoms with Gasteiger partial charge in [-0.15, -0.1) is 5.10 Å². The van der Waals surface area contributed by atoms with Crippen molar-refractivity contribution < 1.29 is 9.53 Å². The number of ether oxygens (including phenoxy) is 1. The smallest absolute Gasteiger partial charge is 0.269 e. The van der Waals surface area contributed by atoms with Gasteiger partial charge in [-0.2, -0.15) is 0 Å². The van der Waals surface area contributed by atoms with Crippen LogP contribution in [-0.2, 0) is 0 Å². The molecule has 0 aliphatic heterocycles. The minimum atomic E-state index is -0.275. The number of halogens is 1. The first-order chi connectivity index (χ1) is 8.61. The first kappa shape index (κ1) is 12.8. The van der Waals surface area contributed by atoms with E-state index < -0.39 is 0 Å². The highest BCUT2D eigenvalue weighted by Crippen LogP contribution is 2.28. The van der Waals surface area contributed by atoms with Crippen molar-refractivity contribution in [2.45, 2.75) is 6.92 Å². The lowest BCUT2D eigenvalue weighted by molar-refractivity contribution is 0.102. The molecule has 5 nitrogen and oxygen atoms in total. The highest BCUT2D eigenvalue weighted by Gasteiger charge is 2.15. The van der Waals surface area contributed by atoms with Gasteiger partial charge in [0.05, 0.1) is 18.5 Å². The van der Waals surface area contributed by atoms with Crippen LogP contribution in [-0.4, -0.2) is 22.6 Å². The fourth-order valence-electron chi connectivity index (χ4n) is 1.40. The lowest BCUT2D eigenvalue weighted by Gasteiger charge is -2.09. The van der Waals surface area contributed by atoms with Gasteiger partial charge in [0.25, 0.3) is 5.91 Å². The standard InChI is InChI=1S/C11H10ClN3O2S/c1-6-10(18-15-14-6)11(16)13-8-5-7(12)3-4-9(8)17-2/h3-5H,1-2H3,(H,13,16). The number of amides is 1. The summed E-state index contributed by atoms with van der Waals surface area (Å²) in [5, 5.41) is 7.04. The average Bonchev–Trinajstić information content (AvgIpc) is 2.76. The zero-order valence-corrected chi connectivity index (χ0v) is 11.3. The number of benzene rings is 1. The maximum absolute atomic E-state index is 12.0. The monoisotopic (exact) mass is 283 g/mol. The van der Waals surface area contributed by atoms with Crippen molar-refractivity contribution >= 4 is 34.7 Å². The first-order valence-electron chi connectivity index (χ1n) is 5.05. The van der Waals surface area contributed by atoms with Gasteiger partial charge < -0.3 is 10.1 Å². The van der Waals surface area contributed by atoms with E-state index in [0.717, 1.165) is 11.5 Å². The Morgan fingerprint density at radius 1 is 1.50 bits per heavy atom. The largest absolute Gasteiger partial charge is 0.495 e. The molecule has 0 saturated carbocycles. The third-order valence-corrected chi connectivity index (χ3v) is 3.33. The molecule has 1 amide bonds. The highest BCUT2D eigenvalue weighted by molar-refractivity contribution is 7.08. The quantitative estimate of drug-likeness (QED) is 0.941. The molecule has 0 fully saturated rings. The van der Waals surface area contributed by atoms with Crippen molar-refractivity contribution in [3.63, 3.8) is 0 Å². The third-order valence-electron chi connectivity index (χ3n) is 2.27. The highest BCUT2D eigenvalue weighted by atomic mass is 35.5. The minimum Gasteiger partial charge on any atom is -0.495 e. The Hall–Kier alpha value is -1.66. The van der Waals surface area contributed by atoms with Crippen LogP contribution in [0.2, 0.25) is 5.02 Å². The average molecular weight is 284 g/mol. The minimum absolute atomic E-state index is 0.275. The maximum Gasteiger partial charge on any atom is 0.269 e. The number of nitrogens with zero attached hydrogens (tertiary/aromatic N) is 2. The third kappa shape index (κ3) is 2.60. The number of methoxy groups -OCH3 is 1. The van der Waals surface area contributed by atoms with Gasteiger partial charge in [0.15, 0.2) is 0 Å². The number of aryl methyl sites for hydroxylation is 1. The predicted molar refractivity (Wildman–Crippen MR) is 70.6 cm³/mol. The molecular formula is C11H10ClN3O2S. The van der Waals surface area contributed by atoms with Crippen LogP contribution in [0.25, 0.3) is 0 Å². The van der Waals surface area contributed by atoms with Crippen LogP contribution in [0, 0.1) is 6.92 Å². The molecule has 2 aromatic rings. The van der Waals surface area contributed by atoms with Crippen LogP contribution in [0.15, 0.2) is 18.2 Å². The summed E-state index contributed by atoms with van der Waals surface area (Å²) >= 11 is 6.93. The molecule has 0 saturated heterocycles. The van der Waals surface area contributed by atoms with E-state index in [9.17, 15) is 4.79 Å². The summed E-state index contributed by atoms with van der Waals surface area (Å²) in [6.07, 6.45) is 0. The Balaban J connectivity index is 2.27. The Bertz CT molecular complexity index is 585. The topological polar surface area (TPSA) is 64.1 Å². The van der Waals surface area contributed by atoms with Gasteiger partial charge in [0, 0.05) is 5.02 Å². The molecule has 1 N–H and O–H groups in total. The summed E-state index contributed by atoms with van der Waals surface area (Å²) in [5.41, 5.74) is 1.11. The molecule has 18 heavy (non-hydrogen) atoms. The summed E-state index contributed by atoms with van der Waals surface area (Å²) in [4.78, 5) is 12.5. The molecule has 0 aliphatic carbocycles. The SMILES string of the molecule is COc1ccc(Cl)cc1NC(=O)c1snnc1C. The van der Waals surface area contributed by atoms with Crippen LogP contribution in [0.1, 0.15) is 15.4 Å². The maximum atomic E-state index is 12.0. The van der Waals surface area contributed by atoms with E-state index in [1.54, 1.807) is 25.1 Å². The van der Waals surface area contributed by atoms with Crippen molar-refractivity contribution in [2.75, 3.05) is 12.4 Å². The molecule has 1 heterocycles. The van der Waals surface area contributed by atoms with Crippen molar-refractivity contribution in [2.24, 2.45) is 0 Å². The Labute approximate surface area is 113 Å². The van der Waals surface area contributed by atoms with Crippen LogP contribution >= 0.6 is 23.1 Å². The van der Waals surface area contributed by atoms with E-state index in [2.05, 4.69) is 14.9 Å². The first-order valence-corrected chi connectivity index (χ1v) is 6.21. The zero-order chi connectivity index (χ0) is 13.1. The Morgan fingerprint density at radius 3 is 2.89 bits per heavy atom. The molecule has 7 heteroatoms. The zero-order valence-electron chi connectivity index (χ0n) is 9.73. The Kier molecular flexibility index (Phi) is 3.78. The lowest BCUT2D eigenvalue weighted by atomic mass is 10.2. The summed E-state index contributed by atoms with van der Waals surface area (Å²) in [5.74, 6) is 0.269. The van der Waals surface area contributed by atoms with Crippen LogP contribution in [0.4, 0.5) is 5.69 Å². The van der Waals surface area contributed by atoms with Crippen molar-refractivity contribution in [3.05, 3.63) is 33.8 Å². The number of carbonyl (C=O) groups excluding carboxylic acids is 1. The second-order valence-corrected chi connectivity index (χ2v) is 4.68. The van der Waals surface area contributed by atoms with Crippen molar-refractivity contribution in [1.82, 2.24) is 9.59 Å². The van der Waals surface area contributed by atoms with Crippen LogP contribution < -0.4 is 10.1 Å². The molecule has 0 atom stereocenters. The van der Waals surface area contributed by atoms with E-state index >= 15 is 0 Å². The fraction of sp³-hybridized carbons (Fsp3) is 0.182. The predicted octanol–water partition coefficient (Wildman–Crippen LogP) is 2.76. The van der Waals surface area contributed by atoms with E-state index in [-0.39, 0.29) is 5.91 Å². The number of hydrogen-bond donors (Lipinski definition) is 1. The van der Waals surface area contributed by atoms with E-state index in [0.29, 0.717) is 27.0 Å². The normalized spacial score (nSPS) is 10.2. The molecule has 2 rings (SSSR count). The second-order valence-electron chi connectivity index (χ2n) is 3.49. The fourth-order valence-corrected chi connectivity index (χ4v) is 2.12. The van der Waals surface area contributed by atoms with Gasteiger partial charge in [-0.25, -0.2) is 0 Å². The van der Waals surface area contributed by atoms with Crippen LogP contribution in [0.5, 0.6) is 5.75 Å². The van der Waals surface area contributed by atoms with E-state index in [1.807, 2.05) is 0 Å². The van der Waals surface area contributed by atoms with Gasteiger partial charge in [-0.05, 0) is 36.7 Å². The second kappa shape index (κ2) is 5.32. The van der Waals surface area contributed by atoms with E-state index in [4.69, 9.17) is 16.3 Å². The van der Waals surface area contributed by atoms with Gasteiger partial charge in [-0.1, -0.05) is 16.1 Å². The van der Waals surface area contributed by atoms with Gasteiger partial charge in [0.2, 0.25) is 0 Å². The molecule has 1 aromatic carbocycles. The van der Waals surface area contributed by atoms with Crippen molar-refractivity contribution in [1.29, 1.82) is 0 Å². The molecule has 0 bridgehead atoms. The molecular weight excluding hydrogens is 274 g/mol. The molecule has 0 unspecified atom stereocenters. The molecule has 0 radical (unpaired) electrons. The number of hydrogen-bond acceptors (Lipinski definition) is 5. The molecule has 0 aliphatic rings. The number of anilines is 1. The number of nitrogens with one attached hydrogen (secondary N) is 1. The van der Waals surface area contributed by atoms with Crippen molar-refractivity contribution in [3.8, 4) is 5.75 Å². The van der Waals surface area contributed by atoms with Crippen LogP contribution in [0.3, 0.4) is 0 Å². The molecule has 94 valence electrons. The number of carbonyl (C=O) groups is 1. The van der Waals surface area contributed by atoms with Gasteiger partial charge in [-0.3, -0.25) is 4.79 Å². The number of aromatic nitrogens is 2. The number of rotatable bonds is 3. The van der Waals surface area contributed by atoms with Gasteiger partial charge >= 0.3 is 0 Å². The lowest BCUT2D eigenvalue weighted by Crippen LogP contribution is -2.12.